The molecule has 0 saturated heterocycles. The third kappa shape index (κ3) is 2.96. The second kappa shape index (κ2) is 3.85. The average Bonchev–Trinajstić information content (AvgIpc) is 2.06. The molecule has 0 aromatic heterocycles. The molecular weight excluding hydrogens is 210 g/mol. The van der Waals surface area contributed by atoms with Crippen molar-refractivity contribution in [3.63, 3.8) is 0 Å². The van der Waals surface area contributed by atoms with Gasteiger partial charge in [0.15, 0.2) is 0 Å². The normalized spacial score (nSPS) is 12.5. The lowest BCUT2D eigenvalue weighted by Crippen LogP contribution is -2.33. The molecule has 0 fully saturated rings. The van der Waals surface area contributed by atoms with Gasteiger partial charge >= 0.3 is 0 Å². The summed E-state index contributed by atoms with van der Waals surface area (Å²) in [6, 6.07) is 7.28. The van der Waals surface area contributed by atoms with Crippen LogP contribution in [-0.2, 0) is 10.0 Å². The molecule has 84 valence electrons. The van der Waals surface area contributed by atoms with Crippen LogP contribution in [0.25, 0.3) is 0 Å². The second-order valence-corrected chi connectivity index (χ2v) is 7.02. The van der Waals surface area contributed by atoms with Crippen LogP contribution < -0.4 is 4.72 Å². The van der Waals surface area contributed by atoms with Gasteiger partial charge in [0.25, 0.3) is 0 Å². The number of hydrogen-bond acceptors (Lipinski definition) is 2. The van der Waals surface area contributed by atoms with Crippen molar-refractivity contribution in [1.82, 2.24) is 0 Å². The fourth-order valence-electron chi connectivity index (χ4n) is 0.930. The SMILES string of the molecule is Cc1ccc(NS(=O)(=O)C(C)(C)C)cc1. The first kappa shape index (κ1) is 12.0. The highest BCUT2D eigenvalue weighted by Crippen LogP contribution is 2.19. The monoisotopic (exact) mass is 227 g/mol. The highest BCUT2D eigenvalue weighted by atomic mass is 32.2. The maximum absolute atomic E-state index is 11.8. The van der Waals surface area contributed by atoms with E-state index in [0.717, 1.165) is 5.56 Å². The van der Waals surface area contributed by atoms with Crippen LogP contribution in [0.2, 0.25) is 0 Å². The topological polar surface area (TPSA) is 46.2 Å². The zero-order valence-corrected chi connectivity index (χ0v) is 10.4. The second-order valence-electron chi connectivity index (χ2n) is 4.58. The van der Waals surface area contributed by atoms with Gasteiger partial charge in [0.2, 0.25) is 10.0 Å². The lowest BCUT2D eigenvalue weighted by atomic mass is 10.2. The molecule has 0 unspecified atom stereocenters. The smallest absolute Gasteiger partial charge is 0.237 e. The molecule has 0 atom stereocenters. The van der Waals surface area contributed by atoms with E-state index in [1.807, 2.05) is 19.1 Å². The predicted molar refractivity (Wildman–Crippen MR) is 63.5 cm³/mol. The van der Waals surface area contributed by atoms with Crippen LogP contribution in [0.5, 0.6) is 0 Å². The molecule has 1 rings (SSSR count). The Balaban J connectivity index is 2.93. The molecule has 0 bridgehead atoms. The molecule has 0 spiro atoms. The number of rotatable bonds is 2. The maximum Gasteiger partial charge on any atom is 0.237 e. The molecule has 0 aliphatic rings. The highest BCUT2D eigenvalue weighted by molar-refractivity contribution is 7.94. The third-order valence-electron chi connectivity index (χ3n) is 2.11. The summed E-state index contributed by atoms with van der Waals surface area (Å²) < 4.78 is 25.4. The molecule has 0 aliphatic heterocycles. The summed E-state index contributed by atoms with van der Waals surface area (Å²) >= 11 is 0. The molecule has 0 radical (unpaired) electrons. The van der Waals surface area contributed by atoms with Crippen molar-refractivity contribution in [2.45, 2.75) is 32.4 Å². The minimum Gasteiger partial charge on any atom is -0.283 e. The standard InChI is InChI=1S/C11H17NO2S/c1-9-5-7-10(8-6-9)12-15(13,14)11(2,3)4/h5-8,12H,1-4H3. The van der Waals surface area contributed by atoms with E-state index in [1.165, 1.54) is 0 Å². The first-order chi connectivity index (χ1) is 6.72. The Bertz CT molecular complexity index is 427. The molecule has 0 amide bonds. The summed E-state index contributed by atoms with van der Waals surface area (Å²) in [7, 11) is -3.31. The molecule has 3 nitrogen and oxygen atoms in total. The molecular formula is C11H17NO2S. The molecule has 4 heteroatoms. The number of nitrogens with one attached hydrogen (secondary N) is 1. The quantitative estimate of drug-likeness (QED) is 0.844. The molecule has 1 N–H and O–H groups in total. The summed E-state index contributed by atoms with van der Waals surface area (Å²) in [5.74, 6) is 0. The average molecular weight is 227 g/mol. The number of benzene rings is 1. The van der Waals surface area contributed by atoms with Crippen LogP contribution in [0.15, 0.2) is 24.3 Å². The Kier molecular flexibility index (Phi) is 3.09. The van der Waals surface area contributed by atoms with Gasteiger partial charge in [-0.2, -0.15) is 0 Å². The van der Waals surface area contributed by atoms with E-state index in [9.17, 15) is 8.42 Å². The van der Waals surface area contributed by atoms with Crippen molar-refractivity contribution in [1.29, 1.82) is 0 Å². The van der Waals surface area contributed by atoms with Gasteiger partial charge in [-0.1, -0.05) is 17.7 Å². The first-order valence-electron chi connectivity index (χ1n) is 4.81. The first-order valence-corrected chi connectivity index (χ1v) is 6.30. The Morgan fingerprint density at radius 1 is 1.07 bits per heavy atom. The number of sulfonamides is 1. The molecule has 0 heterocycles. The fraction of sp³-hybridized carbons (Fsp3) is 0.455. The zero-order valence-electron chi connectivity index (χ0n) is 9.53. The van der Waals surface area contributed by atoms with E-state index >= 15 is 0 Å². The summed E-state index contributed by atoms with van der Waals surface area (Å²) in [5.41, 5.74) is 1.71. The Labute approximate surface area is 91.6 Å². The summed E-state index contributed by atoms with van der Waals surface area (Å²) in [6.45, 7) is 6.97. The van der Waals surface area contributed by atoms with Crippen molar-refractivity contribution in [2.75, 3.05) is 4.72 Å². The van der Waals surface area contributed by atoms with Gasteiger partial charge in [-0.3, -0.25) is 4.72 Å². The predicted octanol–water partition coefficient (Wildman–Crippen LogP) is 2.54. The van der Waals surface area contributed by atoms with Crippen molar-refractivity contribution >= 4 is 15.7 Å². The van der Waals surface area contributed by atoms with Gasteiger partial charge in [-0.15, -0.1) is 0 Å². The fourth-order valence-corrected chi connectivity index (χ4v) is 1.68. The Hall–Kier alpha value is -1.03. The molecule has 15 heavy (non-hydrogen) atoms. The van der Waals surface area contributed by atoms with Crippen molar-refractivity contribution in [3.05, 3.63) is 29.8 Å². The Morgan fingerprint density at radius 3 is 1.93 bits per heavy atom. The number of hydrogen-bond donors (Lipinski definition) is 1. The molecule has 0 saturated carbocycles. The van der Waals surface area contributed by atoms with E-state index in [0.29, 0.717) is 5.69 Å². The number of anilines is 1. The third-order valence-corrected chi connectivity index (χ3v) is 4.23. The van der Waals surface area contributed by atoms with Crippen LogP contribution in [0.3, 0.4) is 0 Å². The van der Waals surface area contributed by atoms with Gasteiger partial charge in [0, 0.05) is 5.69 Å². The summed E-state index contributed by atoms with van der Waals surface area (Å²) in [4.78, 5) is 0. The van der Waals surface area contributed by atoms with Gasteiger partial charge in [-0.05, 0) is 39.8 Å². The van der Waals surface area contributed by atoms with Crippen molar-refractivity contribution in [3.8, 4) is 0 Å². The van der Waals surface area contributed by atoms with Crippen LogP contribution in [0.1, 0.15) is 26.3 Å². The Morgan fingerprint density at radius 2 is 1.53 bits per heavy atom. The molecule has 0 aliphatic carbocycles. The van der Waals surface area contributed by atoms with E-state index < -0.39 is 14.8 Å². The van der Waals surface area contributed by atoms with Gasteiger partial charge in [-0.25, -0.2) is 8.42 Å². The minimum absolute atomic E-state index is 0.607. The van der Waals surface area contributed by atoms with Crippen LogP contribution in [0.4, 0.5) is 5.69 Å². The lowest BCUT2D eigenvalue weighted by molar-refractivity contribution is 0.566. The van der Waals surface area contributed by atoms with Crippen molar-refractivity contribution in [2.24, 2.45) is 0 Å². The van der Waals surface area contributed by atoms with Gasteiger partial charge in [0.1, 0.15) is 0 Å². The van der Waals surface area contributed by atoms with E-state index in [1.54, 1.807) is 32.9 Å². The van der Waals surface area contributed by atoms with E-state index in [2.05, 4.69) is 4.72 Å². The van der Waals surface area contributed by atoms with Crippen LogP contribution in [-0.4, -0.2) is 13.2 Å². The minimum atomic E-state index is -3.31. The van der Waals surface area contributed by atoms with Crippen LogP contribution in [0, 0.1) is 6.92 Å². The van der Waals surface area contributed by atoms with E-state index in [-0.39, 0.29) is 0 Å². The van der Waals surface area contributed by atoms with Gasteiger partial charge < -0.3 is 0 Å². The largest absolute Gasteiger partial charge is 0.283 e. The van der Waals surface area contributed by atoms with Gasteiger partial charge in [0.05, 0.1) is 4.75 Å². The highest BCUT2D eigenvalue weighted by Gasteiger charge is 2.28. The lowest BCUT2D eigenvalue weighted by Gasteiger charge is -2.20. The van der Waals surface area contributed by atoms with Crippen LogP contribution >= 0.6 is 0 Å². The summed E-state index contributed by atoms with van der Waals surface area (Å²) in [6.07, 6.45) is 0. The molecule has 1 aromatic carbocycles. The van der Waals surface area contributed by atoms with E-state index in [4.69, 9.17) is 0 Å². The molecule has 1 aromatic rings. The zero-order chi connectivity index (χ0) is 11.7. The number of aryl methyl sites for hydroxylation is 1. The van der Waals surface area contributed by atoms with Crippen molar-refractivity contribution < 1.29 is 8.42 Å². The maximum atomic E-state index is 11.8. The summed E-state index contributed by atoms with van der Waals surface area (Å²) in [5, 5.41) is 0.